The van der Waals surface area contributed by atoms with Crippen LogP contribution < -0.4 is 4.50 Å². The van der Waals surface area contributed by atoms with Crippen LogP contribution in [0.25, 0.3) is 0 Å². The van der Waals surface area contributed by atoms with Crippen LogP contribution in [-0.2, 0) is 6.04 Å². The molecule has 15 heavy (non-hydrogen) atoms. The maximum Gasteiger partial charge on any atom is 0.198 e. The molecule has 1 heterocycles. The average Bonchev–Trinajstić information content (AvgIpc) is 2.71. The minimum absolute atomic E-state index is 1.01. The van der Waals surface area contributed by atoms with E-state index in [2.05, 4.69) is 48.3 Å². The fourth-order valence-corrected chi connectivity index (χ4v) is 6.18. The Kier molecular flexibility index (Phi) is 3.29. The van der Waals surface area contributed by atoms with Crippen molar-refractivity contribution in [1.29, 1.82) is 0 Å². The number of hydrogen-bond acceptors (Lipinski definition) is 1. The highest BCUT2D eigenvalue weighted by atomic mass is 35.6. The maximum atomic E-state index is 6.69. The van der Waals surface area contributed by atoms with E-state index in [1.165, 1.54) is 10.1 Å². The van der Waals surface area contributed by atoms with E-state index in [0.717, 1.165) is 6.04 Å². The second-order valence-electron chi connectivity index (χ2n) is 3.84. The van der Waals surface area contributed by atoms with Gasteiger partial charge in [0.15, 0.2) is 7.38 Å². The Hall–Kier alpha value is -0.573. The van der Waals surface area contributed by atoms with E-state index in [4.69, 9.17) is 11.1 Å². The van der Waals surface area contributed by atoms with Gasteiger partial charge in [0, 0.05) is 4.50 Å². The summed E-state index contributed by atoms with van der Waals surface area (Å²) in [5, 5.41) is 2.11. The van der Waals surface area contributed by atoms with E-state index in [9.17, 15) is 0 Å². The Labute approximate surface area is 100 Å². The molecule has 0 N–H and O–H groups in total. The molecule has 0 aliphatic rings. The molecule has 0 aliphatic heterocycles. The molecule has 1 aromatic heterocycles. The molecule has 0 bridgehead atoms. The minimum atomic E-state index is -1.78. The molecular formula is C12H13ClSSi. The van der Waals surface area contributed by atoms with Gasteiger partial charge >= 0.3 is 0 Å². The first-order valence-corrected chi connectivity index (χ1v) is 9.55. The molecule has 1 unspecified atom stereocenters. The van der Waals surface area contributed by atoms with Gasteiger partial charge in [-0.1, -0.05) is 49.0 Å². The van der Waals surface area contributed by atoms with Gasteiger partial charge in [-0.25, -0.2) is 0 Å². The van der Waals surface area contributed by atoms with Gasteiger partial charge in [0.2, 0.25) is 0 Å². The van der Waals surface area contributed by atoms with Gasteiger partial charge in [-0.3, -0.25) is 0 Å². The van der Waals surface area contributed by atoms with Crippen LogP contribution in [0.4, 0.5) is 0 Å². The van der Waals surface area contributed by atoms with Crippen molar-refractivity contribution in [3.8, 4) is 0 Å². The molecule has 0 saturated carbocycles. The van der Waals surface area contributed by atoms with Crippen molar-refractivity contribution in [2.45, 2.75) is 12.6 Å². The smallest absolute Gasteiger partial charge is 0.160 e. The molecule has 0 radical (unpaired) electrons. The minimum Gasteiger partial charge on any atom is -0.160 e. The molecule has 2 rings (SSSR count). The largest absolute Gasteiger partial charge is 0.198 e. The summed E-state index contributed by atoms with van der Waals surface area (Å²) in [7, 11) is -1.78. The van der Waals surface area contributed by atoms with E-state index >= 15 is 0 Å². The van der Waals surface area contributed by atoms with Gasteiger partial charge in [-0.15, -0.1) is 0 Å². The van der Waals surface area contributed by atoms with Crippen molar-refractivity contribution in [3.05, 3.63) is 53.4 Å². The summed E-state index contributed by atoms with van der Waals surface area (Å²) >= 11 is 8.47. The Morgan fingerprint density at radius 1 is 1.13 bits per heavy atom. The van der Waals surface area contributed by atoms with E-state index in [-0.39, 0.29) is 0 Å². The maximum absolute atomic E-state index is 6.69. The van der Waals surface area contributed by atoms with Crippen LogP contribution in [0.15, 0.2) is 47.8 Å². The first-order chi connectivity index (χ1) is 7.18. The number of hydrogen-bond donors (Lipinski definition) is 0. The van der Waals surface area contributed by atoms with Crippen LogP contribution in [0, 0.1) is 0 Å². The molecule has 3 heteroatoms. The van der Waals surface area contributed by atoms with Crippen molar-refractivity contribution < 1.29 is 0 Å². The zero-order chi connectivity index (χ0) is 10.7. The van der Waals surface area contributed by atoms with Gasteiger partial charge in [-0.2, -0.15) is 22.4 Å². The van der Waals surface area contributed by atoms with Crippen LogP contribution in [-0.4, -0.2) is 7.38 Å². The first-order valence-electron chi connectivity index (χ1n) is 4.95. The summed E-state index contributed by atoms with van der Waals surface area (Å²) < 4.78 is 1.37. The molecule has 2 aromatic rings. The van der Waals surface area contributed by atoms with E-state index < -0.39 is 7.38 Å². The Morgan fingerprint density at radius 3 is 2.47 bits per heavy atom. The molecule has 0 saturated heterocycles. The molecule has 0 aliphatic carbocycles. The third-order valence-corrected chi connectivity index (χ3v) is 8.42. The monoisotopic (exact) mass is 252 g/mol. The van der Waals surface area contributed by atoms with Gasteiger partial charge in [0.05, 0.1) is 0 Å². The fourth-order valence-electron chi connectivity index (χ4n) is 1.64. The van der Waals surface area contributed by atoms with E-state index in [0.29, 0.717) is 0 Å². The quantitative estimate of drug-likeness (QED) is 0.579. The van der Waals surface area contributed by atoms with Crippen LogP contribution in [0.3, 0.4) is 0 Å². The molecule has 0 nitrogen and oxygen atoms in total. The second kappa shape index (κ2) is 4.52. The first kappa shape index (κ1) is 10.9. The van der Waals surface area contributed by atoms with Crippen LogP contribution in [0.2, 0.25) is 6.55 Å². The molecule has 78 valence electrons. The highest BCUT2D eigenvalue weighted by Gasteiger charge is 2.28. The molecule has 1 aromatic carbocycles. The summed E-state index contributed by atoms with van der Waals surface area (Å²) in [6.45, 7) is 2.22. The fraction of sp³-hybridized carbons (Fsp3) is 0.167. The van der Waals surface area contributed by atoms with E-state index in [1.54, 1.807) is 11.3 Å². The molecule has 0 fully saturated rings. The third kappa shape index (κ3) is 2.71. The van der Waals surface area contributed by atoms with Crippen molar-refractivity contribution in [1.82, 2.24) is 0 Å². The van der Waals surface area contributed by atoms with Crippen molar-refractivity contribution in [2.24, 2.45) is 0 Å². The lowest BCUT2D eigenvalue weighted by Gasteiger charge is -2.17. The van der Waals surface area contributed by atoms with Gasteiger partial charge < -0.3 is 0 Å². The standard InChI is InChI=1S/C12H13ClSSi/c1-15(13,12-8-5-9-14-12)10-11-6-3-2-4-7-11/h2-9H,10H2,1H3. The lowest BCUT2D eigenvalue weighted by Crippen LogP contribution is -2.39. The summed E-state index contributed by atoms with van der Waals surface area (Å²) in [5.74, 6) is 0. The van der Waals surface area contributed by atoms with Crippen molar-refractivity contribution in [3.63, 3.8) is 0 Å². The predicted octanol–water partition coefficient (Wildman–Crippen LogP) is 3.55. The predicted molar refractivity (Wildman–Crippen MR) is 71.6 cm³/mol. The molecular weight excluding hydrogens is 240 g/mol. The van der Waals surface area contributed by atoms with Crippen LogP contribution >= 0.6 is 22.4 Å². The lowest BCUT2D eigenvalue weighted by atomic mass is 10.2. The van der Waals surface area contributed by atoms with Gasteiger partial charge in [-0.05, 0) is 17.0 Å². The number of halogens is 1. The molecule has 0 spiro atoms. The number of rotatable bonds is 3. The van der Waals surface area contributed by atoms with Gasteiger partial charge in [0.25, 0.3) is 0 Å². The normalized spacial score (nSPS) is 14.8. The summed E-state index contributed by atoms with van der Waals surface area (Å²) in [6.07, 6.45) is 0. The molecule has 0 amide bonds. The van der Waals surface area contributed by atoms with Crippen molar-refractivity contribution >= 4 is 34.3 Å². The highest BCUT2D eigenvalue weighted by molar-refractivity contribution is 7.38. The number of benzene rings is 1. The number of thiophene rings is 1. The van der Waals surface area contributed by atoms with Gasteiger partial charge in [0.1, 0.15) is 0 Å². The molecule has 1 atom stereocenters. The Bertz CT molecular complexity index is 408. The Balaban J connectivity index is 2.18. The SMILES string of the molecule is C[Si](Cl)(Cc1ccccc1)c1cccs1. The lowest BCUT2D eigenvalue weighted by molar-refractivity contribution is 1.36. The average molecular weight is 253 g/mol. The van der Waals surface area contributed by atoms with Crippen LogP contribution in [0.5, 0.6) is 0 Å². The Morgan fingerprint density at radius 2 is 1.87 bits per heavy atom. The second-order valence-corrected chi connectivity index (χ2v) is 10.9. The summed E-state index contributed by atoms with van der Waals surface area (Å²) in [6, 6.07) is 15.8. The zero-order valence-electron chi connectivity index (χ0n) is 8.61. The highest BCUT2D eigenvalue weighted by Crippen LogP contribution is 2.18. The van der Waals surface area contributed by atoms with Crippen molar-refractivity contribution in [2.75, 3.05) is 0 Å². The third-order valence-electron chi connectivity index (χ3n) is 2.41. The van der Waals surface area contributed by atoms with E-state index in [1.807, 2.05) is 6.07 Å². The summed E-state index contributed by atoms with van der Waals surface area (Å²) in [4.78, 5) is 0. The zero-order valence-corrected chi connectivity index (χ0v) is 11.2. The van der Waals surface area contributed by atoms with Crippen LogP contribution in [0.1, 0.15) is 5.56 Å². The summed E-state index contributed by atoms with van der Waals surface area (Å²) in [5.41, 5.74) is 1.34. The topological polar surface area (TPSA) is 0 Å².